The highest BCUT2D eigenvalue weighted by Crippen LogP contribution is 2.09. The second kappa shape index (κ2) is 10.4. The average molecular weight is 378 g/mol. The van der Waals surface area contributed by atoms with Crippen molar-refractivity contribution in [2.24, 2.45) is 0 Å². The number of halogens is 1. The van der Waals surface area contributed by atoms with Gasteiger partial charge in [-0.15, -0.1) is 0 Å². The van der Waals surface area contributed by atoms with E-state index in [1.54, 1.807) is 19.1 Å². The normalized spacial score (nSPS) is 16.7. The number of piperazine rings is 1. The first-order chi connectivity index (χ1) is 12.9. The van der Waals surface area contributed by atoms with E-state index in [1.807, 2.05) is 13.8 Å². The molecule has 2 rings (SSSR count). The molecule has 0 bridgehead atoms. The Morgan fingerprint density at radius 3 is 2.26 bits per heavy atom. The zero-order valence-corrected chi connectivity index (χ0v) is 16.6. The van der Waals surface area contributed by atoms with E-state index in [9.17, 15) is 14.0 Å². The van der Waals surface area contributed by atoms with Crippen molar-refractivity contribution >= 4 is 11.8 Å². The Balaban J connectivity index is 1.66. The third-order valence-electron chi connectivity index (χ3n) is 4.93. The van der Waals surface area contributed by atoms with Crippen molar-refractivity contribution in [3.8, 4) is 0 Å². The van der Waals surface area contributed by atoms with E-state index in [0.717, 1.165) is 38.2 Å². The van der Waals surface area contributed by atoms with Crippen LogP contribution in [0, 0.1) is 12.7 Å². The molecule has 1 aromatic carbocycles. The number of nitrogens with zero attached hydrogens (tertiary/aromatic N) is 2. The highest BCUT2D eigenvalue weighted by molar-refractivity contribution is 5.78. The van der Waals surface area contributed by atoms with E-state index < -0.39 is 0 Å². The minimum atomic E-state index is -0.235. The Hall–Kier alpha value is -1.99. The lowest BCUT2D eigenvalue weighted by atomic mass is 10.1. The molecular weight excluding hydrogens is 347 g/mol. The van der Waals surface area contributed by atoms with Gasteiger partial charge in [0, 0.05) is 38.8 Å². The lowest BCUT2D eigenvalue weighted by molar-refractivity contribution is -0.125. The molecule has 1 aromatic rings. The third-order valence-corrected chi connectivity index (χ3v) is 4.93. The van der Waals surface area contributed by atoms with Crippen molar-refractivity contribution in [3.63, 3.8) is 0 Å². The fourth-order valence-corrected chi connectivity index (χ4v) is 3.01. The van der Waals surface area contributed by atoms with Gasteiger partial charge in [-0.3, -0.25) is 19.4 Å². The quantitative estimate of drug-likeness (QED) is 0.715. The van der Waals surface area contributed by atoms with Gasteiger partial charge < -0.3 is 10.6 Å². The zero-order valence-electron chi connectivity index (χ0n) is 16.6. The zero-order chi connectivity index (χ0) is 19.8. The van der Waals surface area contributed by atoms with Gasteiger partial charge in [0.05, 0.1) is 13.1 Å². The molecule has 27 heavy (non-hydrogen) atoms. The molecule has 1 saturated heterocycles. The molecule has 0 saturated carbocycles. The molecule has 1 fully saturated rings. The first-order valence-corrected chi connectivity index (χ1v) is 9.63. The van der Waals surface area contributed by atoms with E-state index in [4.69, 9.17) is 0 Å². The van der Waals surface area contributed by atoms with E-state index >= 15 is 0 Å². The summed E-state index contributed by atoms with van der Waals surface area (Å²) in [5.74, 6) is -0.217. The van der Waals surface area contributed by atoms with E-state index in [1.165, 1.54) is 6.07 Å². The monoisotopic (exact) mass is 378 g/mol. The molecule has 2 N–H and O–H groups in total. The number of carbonyl (C=O) groups is 2. The van der Waals surface area contributed by atoms with Gasteiger partial charge in [-0.25, -0.2) is 4.39 Å². The first-order valence-electron chi connectivity index (χ1n) is 9.63. The van der Waals surface area contributed by atoms with Crippen LogP contribution in [0.25, 0.3) is 0 Å². The number of carbonyl (C=O) groups excluding carboxylic acids is 2. The molecule has 1 aliphatic rings. The van der Waals surface area contributed by atoms with Crippen LogP contribution in [-0.4, -0.2) is 66.9 Å². The lowest BCUT2D eigenvalue weighted by Crippen LogP contribution is -2.52. The molecule has 0 radical (unpaired) electrons. The summed E-state index contributed by atoms with van der Waals surface area (Å²) < 4.78 is 13.3. The highest BCUT2D eigenvalue weighted by atomic mass is 19.1. The maximum atomic E-state index is 13.3. The molecule has 0 aromatic heterocycles. The van der Waals surface area contributed by atoms with Crippen LogP contribution < -0.4 is 10.6 Å². The van der Waals surface area contributed by atoms with Crippen LogP contribution in [0.5, 0.6) is 0 Å². The van der Waals surface area contributed by atoms with Crippen molar-refractivity contribution in [3.05, 3.63) is 35.1 Å². The van der Waals surface area contributed by atoms with E-state index in [2.05, 4.69) is 20.4 Å². The lowest BCUT2D eigenvalue weighted by Gasteiger charge is -2.34. The maximum absolute atomic E-state index is 13.3. The molecule has 0 spiro atoms. The topological polar surface area (TPSA) is 64.7 Å². The van der Waals surface area contributed by atoms with Gasteiger partial charge >= 0.3 is 0 Å². The predicted molar refractivity (Wildman–Crippen MR) is 104 cm³/mol. The van der Waals surface area contributed by atoms with Gasteiger partial charge in [0.25, 0.3) is 0 Å². The Morgan fingerprint density at radius 1 is 1.11 bits per heavy atom. The van der Waals surface area contributed by atoms with Gasteiger partial charge in [0.1, 0.15) is 5.82 Å². The van der Waals surface area contributed by atoms with Gasteiger partial charge in [0.2, 0.25) is 11.8 Å². The van der Waals surface area contributed by atoms with Gasteiger partial charge in [-0.05, 0) is 37.5 Å². The Kier molecular flexibility index (Phi) is 8.19. The largest absolute Gasteiger partial charge is 0.353 e. The highest BCUT2D eigenvalue weighted by Gasteiger charge is 2.20. The molecule has 150 valence electrons. The third kappa shape index (κ3) is 7.27. The second-order valence-electron chi connectivity index (χ2n) is 7.29. The van der Waals surface area contributed by atoms with Crippen LogP contribution in [0.15, 0.2) is 18.2 Å². The SMILES string of the molecule is CCC(C)NC(=O)CN1CCN(CC(=O)NCc2ccc(F)c(C)c2)CC1. The smallest absolute Gasteiger partial charge is 0.234 e. The first kappa shape index (κ1) is 21.3. The summed E-state index contributed by atoms with van der Waals surface area (Å²) >= 11 is 0. The fourth-order valence-electron chi connectivity index (χ4n) is 3.01. The summed E-state index contributed by atoms with van der Waals surface area (Å²) in [5.41, 5.74) is 1.47. The molecule has 7 heteroatoms. The molecule has 1 atom stereocenters. The van der Waals surface area contributed by atoms with Crippen LogP contribution in [-0.2, 0) is 16.1 Å². The van der Waals surface area contributed by atoms with Crippen LogP contribution in [0.3, 0.4) is 0 Å². The minimum absolute atomic E-state index is 0.0417. The molecular formula is C20H31FN4O2. The summed E-state index contributed by atoms with van der Waals surface area (Å²) in [6.45, 7) is 9.99. The average Bonchev–Trinajstić information content (AvgIpc) is 2.64. The Bertz CT molecular complexity index is 645. The van der Waals surface area contributed by atoms with Gasteiger partial charge in [-0.2, -0.15) is 0 Å². The summed E-state index contributed by atoms with van der Waals surface area (Å²) in [7, 11) is 0. The number of amides is 2. The van der Waals surface area contributed by atoms with Crippen molar-refractivity contribution in [2.45, 2.75) is 39.8 Å². The van der Waals surface area contributed by atoms with Crippen molar-refractivity contribution in [1.82, 2.24) is 20.4 Å². The molecule has 1 unspecified atom stereocenters. The number of hydrogen-bond acceptors (Lipinski definition) is 4. The van der Waals surface area contributed by atoms with Crippen LogP contribution in [0.2, 0.25) is 0 Å². The maximum Gasteiger partial charge on any atom is 0.234 e. The van der Waals surface area contributed by atoms with Gasteiger partial charge in [0.15, 0.2) is 0 Å². The number of hydrogen-bond donors (Lipinski definition) is 2. The minimum Gasteiger partial charge on any atom is -0.353 e. The number of rotatable bonds is 8. The molecule has 6 nitrogen and oxygen atoms in total. The van der Waals surface area contributed by atoms with E-state index in [0.29, 0.717) is 25.2 Å². The summed E-state index contributed by atoms with van der Waals surface area (Å²) in [4.78, 5) is 28.3. The van der Waals surface area contributed by atoms with E-state index in [-0.39, 0.29) is 23.7 Å². The molecule has 1 aliphatic heterocycles. The van der Waals surface area contributed by atoms with Crippen LogP contribution in [0.4, 0.5) is 4.39 Å². The number of aryl methyl sites for hydroxylation is 1. The second-order valence-corrected chi connectivity index (χ2v) is 7.29. The summed E-state index contributed by atoms with van der Waals surface area (Å²) in [6.07, 6.45) is 0.923. The fraction of sp³-hybridized carbons (Fsp3) is 0.600. The van der Waals surface area contributed by atoms with Crippen molar-refractivity contribution < 1.29 is 14.0 Å². The number of benzene rings is 1. The van der Waals surface area contributed by atoms with Crippen LogP contribution in [0.1, 0.15) is 31.4 Å². The standard InChI is InChI=1S/C20H31FN4O2/c1-4-16(3)23-20(27)14-25-9-7-24(8-10-25)13-19(26)22-12-17-5-6-18(21)15(2)11-17/h5-6,11,16H,4,7-10,12-14H2,1-3H3,(H,22,26)(H,23,27). The van der Waals surface area contributed by atoms with Crippen LogP contribution >= 0.6 is 0 Å². The molecule has 2 amide bonds. The summed E-state index contributed by atoms with van der Waals surface area (Å²) in [6, 6.07) is 5.06. The number of nitrogens with one attached hydrogen (secondary N) is 2. The van der Waals surface area contributed by atoms with Crippen molar-refractivity contribution in [2.75, 3.05) is 39.3 Å². The molecule has 1 heterocycles. The Morgan fingerprint density at radius 2 is 1.70 bits per heavy atom. The van der Waals surface area contributed by atoms with Gasteiger partial charge in [-0.1, -0.05) is 19.1 Å². The predicted octanol–water partition coefficient (Wildman–Crippen LogP) is 1.28. The molecule has 0 aliphatic carbocycles. The summed E-state index contributed by atoms with van der Waals surface area (Å²) in [5, 5.41) is 5.86. The Labute approximate surface area is 161 Å². The van der Waals surface area contributed by atoms with Crippen molar-refractivity contribution in [1.29, 1.82) is 0 Å².